The zero-order valence-electron chi connectivity index (χ0n) is 12.6. The van der Waals surface area contributed by atoms with E-state index in [4.69, 9.17) is 9.47 Å². The quantitative estimate of drug-likeness (QED) is 0.455. The monoisotopic (exact) mass is 334 g/mol. The minimum Gasteiger partial charge on any atom is -0.491 e. The van der Waals surface area contributed by atoms with E-state index in [-0.39, 0.29) is 31.2 Å². The van der Waals surface area contributed by atoms with Crippen LogP contribution in [0.2, 0.25) is 0 Å². The predicted octanol–water partition coefficient (Wildman–Crippen LogP) is 2.77. The molecule has 0 aromatic heterocycles. The molecule has 7 nitrogen and oxygen atoms in total. The molecule has 0 spiro atoms. The van der Waals surface area contributed by atoms with E-state index in [1.165, 1.54) is 0 Å². The standard InChI is InChI=1S/C16H15FN2O5/c17-14-7-6-12(19(21)22)10-15(14)18-16(20)11-23-8-9-24-13-4-2-1-3-5-13/h1-7,10H,8-9,11H2,(H,18,20). The van der Waals surface area contributed by atoms with Crippen LogP contribution < -0.4 is 10.1 Å². The first-order chi connectivity index (χ1) is 11.6. The first-order valence-corrected chi connectivity index (χ1v) is 7.05. The van der Waals surface area contributed by atoms with Crippen molar-refractivity contribution in [3.8, 4) is 5.75 Å². The van der Waals surface area contributed by atoms with Crippen LogP contribution in [-0.4, -0.2) is 30.7 Å². The molecule has 0 aliphatic carbocycles. The number of rotatable bonds is 8. The summed E-state index contributed by atoms with van der Waals surface area (Å²) in [5.41, 5.74) is -0.581. The van der Waals surface area contributed by atoms with E-state index < -0.39 is 16.6 Å². The highest BCUT2D eigenvalue weighted by Gasteiger charge is 2.13. The molecule has 2 aromatic carbocycles. The number of amides is 1. The van der Waals surface area contributed by atoms with E-state index in [2.05, 4.69) is 5.32 Å². The first-order valence-electron chi connectivity index (χ1n) is 7.05. The molecule has 1 amide bonds. The van der Waals surface area contributed by atoms with E-state index in [9.17, 15) is 19.3 Å². The second kappa shape index (κ2) is 8.59. The summed E-state index contributed by atoms with van der Waals surface area (Å²) in [4.78, 5) is 21.6. The molecule has 1 N–H and O–H groups in total. The van der Waals surface area contributed by atoms with Crippen LogP contribution in [0.15, 0.2) is 48.5 Å². The van der Waals surface area contributed by atoms with Gasteiger partial charge in [-0.1, -0.05) is 18.2 Å². The Morgan fingerprint density at radius 1 is 1.17 bits per heavy atom. The molecule has 0 saturated carbocycles. The third-order valence-electron chi connectivity index (χ3n) is 2.91. The van der Waals surface area contributed by atoms with E-state index >= 15 is 0 Å². The molecular weight excluding hydrogens is 319 g/mol. The summed E-state index contributed by atoms with van der Waals surface area (Å²) in [5, 5.41) is 12.9. The Kier molecular flexibility index (Phi) is 6.21. The molecule has 8 heteroatoms. The van der Waals surface area contributed by atoms with Gasteiger partial charge in [0, 0.05) is 12.1 Å². The molecular formula is C16H15FN2O5. The SMILES string of the molecule is O=C(COCCOc1ccccc1)Nc1cc([N+](=O)[O-])ccc1F. The second-order valence-electron chi connectivity index (χ2n) is 4.68. The van der Waals surface area contributed by atoms with Gasteiger partial charge in [0.05, 0.1) is 17.2 Å². The Balaban J connectivity index is 1.73. The fraction of sp³-hybridized carbons (Fsp3) is 0.188. The molecule has 0 aliphatic heterocycles. The lowest BCUT2D eigenvalue weighted by Gasteiger charge is -2.08. The smallest absolute Gasteiger partial charge is 0.271 e. The first kappa shape index (κ1) is 17.4. The number of para-hydroxylation sites is 1. The Labute approximate surface area is 137 Å². The highest BCUT2D eigenvalue weighted by molar-refractivity contribution is 5.92. The van der Waals surface area contributed by atoms with Gasteiger partial charge in [-0.15, -0.1) is 0 Å². The summed E-state index contributed by atoms with van der Waals surface area (Å²) in [6, 6.07) is 12.0. The van der Waals surface area contributed by atoms with Gasteiger partial charge in [0.25, 0.3) is 5.69 Å². The normalized spacial score (nSPS) is 10.2. The number of ether oxygens (including phenoxy) is 2. The van der Waals surface area contributed by atoms with Crippen molar-refractivity contribution in [3.05, 3.63) is 64.5 Å². The summed E-state index contributed by atoms with van der Waals surface area (Å²) in [7, 11) is 0. The predicted molar refractivity (Wildman–Crippen MR) is 84.4 cm³/mol. The molecule has 0 radical (unpaired) electrons. The highest BCUT2D eigenvalue weighted by atomic mass is 19.1. The number of benzene rings is 2. The number of carbonyl (C=O) groups is 1. The fourth-order valence-electron chi connectivity index (χ4n) is 1.81. The summed E-state index contributed by atoms with van der Waals surface area (Å²) >= 11 is 0. The largest absolute Gasteiger partial charge is 0.491 e. The second-order valence-corrected chi connectivity index (χ2v) is 4.68. The molecule has 0 fully saturated rings. The van der Waals surface area contributed by atoms with Crippen molar-refractivity contribution in [1.29, 1.82) is 0 Å². The number of nitro groups is 1. The van der Waals surface area contributed by atoms with Gasteiger partial charge >= 0.3 is 0 Å². The minimum absolute atomic E-state index is 0.166. The zero-order chi connectivity index (χ0) is 17.4. The average Bonchev–Trinajstić information content (AvgIpc) is 2.57. The van der Waals surface area contributed by atoms with Crippen molar-refractivity contribution in [1.82, 2.24) is 0 Å². The molecule has 0 saturated heterocycles. The van der Waals surface area contributed by atoms with Crippen LogP contribution in [0.4, 0.5) is 15.8 Å². The molecule has 0 bridgehead atoms. The van der Waals surface area contributed by atoms with Crippen LogP contribution in [0, 0.1) is 15.9 Å². The lowest BCUT2D eigenvalue weighted by Crippen LogP contribution is -2.20. The number of non-ortho nitro benzene ring substituents is 1. The minimum atomic E-state index is -0.763. The Bertz CT molecular complexity index is 709. The van der Waals surface area contributed by atoms with Crippen molar-refractivity contribution in [2.75, 3.05) is 25.1 Å². The van der Waals surface area contributed by atoms with Gasteiger partial charge in [-0.3, -0.25) is 14.9 Å². The molecule has 2 aromatic rings. The number of nitrogens with zero attached hydrogens (tertiary/aromatic N) is 1. The molecule has 0 heterocycles. The Morgan fingerprint density at radius 3 is 2.62 bits per heavy atom. The molecule has 0 aliphatic rings. The summed E-state index contributed by atoms with van der Waals surface area (Å²) in [5.74, 6) is -0.695. The van der Waals surface area contributed by atoms with Crippen molar-refractivity contribution < 1.29 is 23.6 Å². The maximum Gasteiger partial charge on any atom is 0.271 e. The van der Waals surface area contributed by atoms with E-state index in [0.717, 1.165) is 18.2 Å². The van der Waals surface area contributed by atoms with Gasteiger partial charge in [-0.25, -0.2) is 4.39 Å². The van der Waals surface area contributed by atoms with Gasteiger partial charge in [-0.05, 0) is 18.2 Å². The van der Waals surface area contributed by atoms with Crippen molar-refractivity contribution in [2.24, 2.45) is 0 Å². The zero-order valence-corrected chi connectivity index (χ0v) is 12.6. The van der Waals surface area contributed by atoms with Gasteiger partial charge < -0.3 is 14.8 Å². The number of carbonyl (C=O) groups excluding carboxylic acids is 1. The fourth-order valence-corrected chi connectivity index (χ4v) is 1.81. The van der Waals surface area contributed by atoms with Crippen molar-refractivity contribution >= 4 is 17.3 Å². The molecule has 0 atom stereocenters. The molecule has 2 rings (SSSR count). The van der Waals surface area contributed by atoms with Gasteiger partial charge in [0.15, 0.2) is 0 Å². The van der Waals surface area contributed by atoms with E-state index in [1.54, 1.807) is 12.1 Å². The van der Waals surface area contributed by atoms with Crippen LogP contribution in [0.25, 0.3) is 0 Å². The van der Waals surface area contributed by atoms with Crippen LogP contribution >= 0.6 is 0 Å². The van der Waals surface area contributed by atoms with E-state index in [0.29, 0.717) is 5.75 Å². The number of anilines is 1. The van der Waals surface area contributed by atoms with Crippen molar-refractivity contribution in [2.45, 2.75) is 0 Å². The number of nitrogens with one attached hydrogen (secondary N) is 1. The Hall–Kier alpha value is -3.00. The topological polar surface area (TPSA) is 90.7 Å². The van der Waals surface area contributed by atoms with Gasteiger partial charge in [0.2, 0.25) is 5.91 Å². The molecule has 24 heavy (non-hydrogen) atoms. The molecule has 0 unspecified atom stereocenters. The maximum absolute atomic E-state index is 13.5. The van der Waals surface area contributed by atoms with Crippen molar-refractivity contribution in [3.63, 3.8) is 0 Å². The number of hydrogen-bond donors (Lipinski definition) is 1. The molecule has 126 valence electrons. The van der Waals surface area contributed by atoms with E-state index in [1.807, 2.05) is 18.2 Å². The van der Waals surface area contributed by atoms with Crippen LogP contribution in [0.1, 0.15) is 0 Å². The third-order valence-corrected chi connectivity index (χ3v) is 2.91. The number of halogens is 1. The summed E-state index contributed by atoms with van der Waals surface area (Å²) < 4.78 is 24.0. The van der Waals surface area contributed by atoms with Gasteiger partial charge in [-0.2, -0.15) is 0 Å². The van der Waals surface area contributed by atoms with Crippen LogP contribution in [-0.2, 0) is 9.53 Å². The lowest BCUT2D eigenvalue weighted by atomic mass is 10.2. The number of nitro benzene ring substituents is 1. The van der Waals surface area contributed by atoms with Crippen LogP contribution in [0.3, 0.4) is 0 Å². The average molecular weight is 334 g/mol. The summed E-state index contributed by atoms with van der Waals surface area (Å²) in [6.45, 7) is 0.0997. The Morgan fingerprint density at radius 2 is 1.92 bits per heavy atom. The summed E-state index contributed by atoms with van der Waals surface area (Å²) in [6.07, 6.45) is 0. The third kappa shape index (κ3) is 5.33. The highest BCUT2D eigenvalue weighted by Crippen LogP contribution is 2.21. The van der Waals surface area contributed by atoms with Crippen LogP contribution in [0.5, 0.6) is 5.75 Å². The van der Waals surface area contributed by atoms with Gasteiger partial charge in [0.1, 0.15) is 24.8 Å². The number of hydrogen-bond acceptors (Lipinski definition) is 5. The lowest BCUT2D eigenvalue weighted by molar-refractivity contribution is -0.384. The maximum atomic E-state index is 13.5.